The Labute approximate surface area is 147 Å². The van der Waals surface area contributed by atoms with Crippen molar-refractivity contribution in [2.45, 2.75) is 27.2 Å². The summed E-state index contributed by atoms with van der Waals surface area (Å²) in [6.07, 6.45) is 0.626. The maximum absolute atomic E-state index is 12.3. The van der Waals surface area contributed by atoms with Crippen molar-refractivity contribution in [1.82, 2.24) is 5.32 Å². The van der Waals surface area contributed by atoms with Gasteiger partial charge < -0.3 is 19.5 Å². The molecule has 0 saturated heterocycles. The van der Waals surface area contributed by atoms with E-state index in [2.05, 4.69) is 19.2 Å². The smallest absolute Gasteiger partial charge is 0.286 e. The lowest BCUT2D eigenvalue weighted by atomic mass is 10.1. The molecule has 0 spiro atoms. The van der Waals surface area contributed by atoms with E-state index in [1.807, 2.05) is 0 Å². The van der Waals surface area contributed by atoms with Crippen LogP contribution >= 0.6 is 0 Å². The van der Waals surface area contributed by atoms with Gasteiger partial charge in [-0.3, -0.25) is 14.9 Å². The lowest BCUT2D eigenvalue weighted by Gasteiger charge is -2.12. The quantitative estimate of drug-likeness (QED) is 0.373. The summed E-state index contributed by atoms with van der Waals surface area (Å²) in [4.78, 5) is 23.0. The molecule has 8 heteroatoms. The van der Waals surface area contributed by atoms with Gasteiger partial charge in [0.2, 0.25) is 0 Å². The minimum absolute atomic E-state index is 0.0580. The number of carbonyl (C=O) groups excluding carboxylic acids is 1. The molecule has 8 nitrogen and oxygen atoms in total. The van der Waals surface area contributed by atoms with Gasteiger partial charge in [-0.2, -0.15) is 0 Å². The van der Waals surface area contributed by atoms with Crippen LogP contribution in [0.4, 0.5) is 5.69 Å². The van der Waals surface area contributed by atoms with Crippen LogP contribution in [0.1, 0.15) is 37.6 Å². The van der Waals surface area contributed by atoms with Crippen LogP contribution < -0.4 is 14.8 Å². The van der Waals surface area contributed by atoms with Crippen LogP contribution in [0.3, 0.4) is 0 Å². The zero-order valence-corrected chi connectivity index (χ0v) is 15.2. The fourth-order valence-electron chi connectivity index (χ4n) is 2.10. The molecular weight excluding hydrogens is 328 g/mol. The number of nitro groups is 1. The van der Waals surface area contributed by atoms with E-state index in [0.29, 0.717) is 44.5 Å². The number of benzene rings is 1. The van der Waals surface area contributed by atoms with Crippen molar-refractivity contribution in [1.29, 1.82) is 0 Å². The number of amides is 1. The van der Waals surface area contributed by atoms with E-state index in [1.54, 1.807) is 6.92 Å². The molecule has 0 fully saturated rings. The van der Waals surface area contributed by atoms with Crippen molar-refractivity contribution in [3.05, 3.63) is 27.8 Å². The van der Waals surface area contributed by atoms with E-state index in [0.717, 1.165) is 0 Å². The second-order valence-corrected chi connectivity index (χ2v) is 5.79. The Morgan fingerprint density at radius 1 is 1.32 bits per heavy atom. The van der Waals surface area contributed by atoms with Gasteiger partial charge in [0.1, 0.15) is 5.56 Å². The lowest BCUT2D eigenvalue weighted by Crippen LogP contribution is -2.26. The summed E-state index contributed by atoms with van der Waals surface area (Å²) in [6, 6.07) is 2.54. The molecule has 1 aromatic rings. The summed E-state index contributed by atoms with van der Waals surface area (Å²) in [5.41, 5.74) is -0.383. The fraction of sp³-hybridized carbons (Fsp3) is 0.588. The predicted octanol–water partition coefficient (Wildman–Crippen LogP) is 2.79. The van der Waals surface area contributed by atoms with Crippen molar-refractivity contribution in [2.24, 2.45) is 5.92 Å². The maximum atomic E-state index is 12.3. The van der Waals surface area contributed by atoms with E-state index >= 15 is 0 Å². The molecule has 1 aromatic carbocycles. The van der Waals surface area contributed by atoms with Crippen LogP contribution in [0, 0.1) is 16.0 Å². The van der Waals surface area contributed by atoms with Crippen molar-refractivity contribution < 1.29 is 23.9 Å². The van der Waals surface area contributed by atoms with Gasteiger partial charge in [0.05, 0.1) is 24.7 Å². The number of rotatable bonds is 11. The Bertz CT molecular complexity index is 589. The topological polar surface area (TPSA) is 99.9 Å². The third-order valence-electron chi connectivity index (χ3n) is 3.23. The van der Waals surface area contributed by atoms with E-state index < -0.39 is 10.8 Å². The molecule has 1 amide bonds. The van der Waals surface area contributed by atoms with Crippen molar-refractivity contribution in [2.75, 3.05) is 33.5 Å². The molecule has 0 bridgehead atoms. The minimum Gasteiger partial charge on any atom is -0.493 e. The molecule has 140 valence electrons. The van der Waals surface area contributed by atoms with Gasteiger partial charge in [0, 0.05) is 25.8 Å². The summed E-state index contributed by atoms with van der Waals surface area (Å²) in [6.45, 7) is 7.79. The minimum atomic E-state index is -0.612. The summed E-state index contributed by atoms with van der Waals surface area (Å²) in [7, 11) is 1.39. The summed E-state index contributed by atoms with van der Waals surface area (Å²) < 4.78 is 15.9. The fourth-order valence-corrected chi connectivity index (χ4v) is 2.10. The number of methoxy groups -OCH3 is 1. The molecule has 1 N–H and O–H groups in total. The number of nitrogens with zero attached hydrogens (tertiary/aromatic N) is 1. The van der Waals surface area contributed by atoms with E-state index in [1.165, 1.54) is 19.2 Å². The molecule has 0 aliphatic carbocycles. The van der Waals surface area contributed by atoms with Crippen molar-refractivity contribution in [3.8, 4) is 11.5 Å². The van der Waals surface area contributed by atoms with Gasteiger partial charge in [-0.15, -0.1) is 0 Å². The van der Waals surface area contributed by atoms with Gasteiger partial charge in [-0.1, -0.05) is 13.8 Å². The standard InChI is InChI=1S/C17H26N2O6/c1-5-25-16-9-13(14(19(21)22)10-15(16)23-4)17(20)18-7-6-8-24-11-12(2)3/h9-10,12H,5-8,11H2,1-4H3,(H,18,20). The molecule has 0 aliphatic heterocycles. The summed E-state index contributed by atoms with van der Waals surface area (Å²) in [5.74, 6) is 0.431. The average molecular weight is 354 g/mol. The molecule has 0 aliphatic rings. The van der Waals surface area contributed by atoms with Gasteiger partial charge in [-0.05, 0) is 19.3 Å². The molecule has 0 atom stereocenters. The largest absolute Gasteiger partial charge is 0.493 e. The van der Waals surface area contributed by atoms with Crippen LogP contribution in [0.25, 0.3) is 0 Å². The van der Waals surface area contributed by atoms with Crippen LogP contribution in [0.15, 0.2) is 12.1 Å². The van der Waals surface area contributed by atoms with E-state index in [-0.39, 0.29) is 17.0 Å². The maximum Gasteiger partial charge on any atom is 0.286 e. The van der Waals surface area contributed by atoms with Gasteiger partial charge in [-0.25, -0.2) is 0 Å². The monoisotopic (exact) mass is 354 g/mol. The third-order valence-corrected chi connectivity index (χ3v) is 3.23. The van der Waals surface area contributed by atoms with E-state index in [4.69, 9.17) is 14.2 Å². The molecule has 25 heavy (non-hydrogen) atoms. The second kappa shape index (κ2) is 10.5. The highest BCUT2D eigenvalue weighted by molar-refractivity contribution is 5.99. The van der Waals surface area contributed by atoms with E-state index in [9.17, 15) is 14.9 Å². The van der Waals surface area contributed by atoms with Gasteiger partial charge in [0.25, 0.3) is 11.6 Å². The Hall–Kier alpha value is -2.35. The Kier molecular flexibility index (Phi) is 8.69. The number of nitro benzene ring substituents is 1. The molecule has 0 saturated carbocycles. The summed E-state index contributed by atoms with van der Waals surface area (Å²) >= 11 is 0. The van der Waals surface area contributed by atoms with Gasteiger partial charge in [0.15, 0.2) is 11.5 Å². The van der Waals surface area contributed by atoms with Crippen molar-refractivity contribution in [3.63, 3.8) is 0 Å². The Balaban J connectivity index is 2.78. The number of carbonyl (C=O) groups is 1. The number of hydrogen-bond donors (Lipinski definition) is 1. The first kappa shape index (κ1) is 20.7. The highest BCUT2D eigenvalue weighted by atomic mass is 16.6. The second-order valence-electron chi connectivity index (χ2n) is 5.79. The number of ether oxygens (including phenoxy) is 3. The van der Waals surface area contributed by atoms with Crippen molar-refractivity contribution >= 4 is 11.6 Å². The van der Waals surface area contributed by atoms with Crippen LogP contribution in [0.2, 0.25) is 0 Å². The first-order chi connectivity index (χ1) is 11.9. The SMILES string of the molecule is CCOc1cc(C(=O)NCCCOCC(C)C)c([N+](=O)[O-])cc1OC. The highest BCUT2D eigenvalue weighted by Crippen LogP contribution is 2.34. The number of hydrogen-bond acceptors (Lipinski definition) is 6. The highest BCUT2D eigenvalue weighted by Gasteiger charge is 2.24. The zero-order valence-electron chi connectivity index (χ0n) is 15.2. The first-order valence-corrected chi connectivity index (χ1v) is 8.25. The normalized spacial score (nSPS) is 10.6. The summed E-state index contributed by atoms with van der Waals surface area (Å²) in [5, 5.41) is 13.9. The molecule has 1 rings (SSSR count). The number of nitrogens with one attached hydrogen (secondary N) is 1. The molecule has 0 heterocycles. The average Bonchev–Trinajstić information content (AvgIpc) is 2.57. The first-order valence-electron chi connectivity index (χ1n) is 8.25. The Morgan fingerprint density at radius 3 is 2.60 bits per heavy atom. The Morgan fingerprint density at radius 2 is 2.04 bits per heavy atom. The zero-order chi connectivity index (χ0) is 18.8. The van der Waals surface area contributed by atoms with Crippen LogP contribution in [0.5, 0.6) is 11.5 Å². The van der Waals surface area contributed by atoms with Crippen LogP contribution in [-0.2, 0) is 4.74 Å². The molecule has 0 aromatic heterocycles. The van der Waals surface area contributed by atoms with Gasteiger partial charge >= 0.3 is 0 Å². The third kappa shape index (κ3) is 6.58. The lowest BCUT2D eigenvalue weighted by molar-refractivity contribution is -0.385. The molecular formula is C17H26N2O6. The molecule has 0 unspecified atom stereocenters. The molecule has 0 radical (unpaired) electrons. The van der Waals surface area contributed by atoms with Crippen LogP contribution in [-0.4, -0.2) is 44.3 Å². The predicted molar refractivity (Wildman–Crippen MR) is 93.4 cm³/mol.